The van der Waals surface area contributed by atoms with Gasteiger partial charge in [-0.3, -0.25) is 14.4 Å². The van der Waals surface area contributed by atoms with Crippen molar-refractivity contribution in [2.75, 3.05) is 36.1 Å². The number of methoxy groups -OCH3 is 1. The lowest BCUT2D eigenvalue weighted by atomic mass is 10.1. The number of ketones is 2. The smallest absolute Gasteiger partial charge is 0.323 e. The average molecular weight is 548 g/mol. The number of ether oxygens (including phenoxy) is 1. The fourth-order valence-corrected chi connectivity index (χ4v) is 3.88. The van der Waals surface area contributed by atoms with Crippen molar-refractivity contribution >= 4 is 40.8 Å². The van der Waals surface area contributed by atoms with Gasteiger partial charge in [0.1, 0.15) is 17.4 Å². The van der Waals surface area contributed by atoms with Gasteiger partial charge in [-0.2, -0.15) is 0 Å². The summed E-state index contributed by atoms with van der Waals surface area (Å²) in [6.07, 6.45) is 1.45. The Kier molecular flexibility index (Phi) is 10.7. The van der Waals surface area contributed by atoms with E-state index in [2.05, 4.69) is 26.3 Å². The van der Waals surface area contributed by atoms with Crippen molar-refractivity contribution in [2.45, 2.75) is 32.7 Å². The van der Waals surface area contributed by atoms with Crippen LogP contribution in [0.25, 0.3) is 0 Å². The summed E-state index contributed by atoms with van der Waals surface area (Å²) in [4.78, 5) is 51.8. The Bertz CT molecular complexity index is 1360. The van der Waals surface area contributed by atoms with Crippen LogP contribution in [-0.4, -0.2) is 53.9 Å². The molecular weight excluding hydrogens is 514 g/mol. The molecule has 0 aliphatic heterocycles. The molecule has 1 heterocycles. The Morgan fingerprint density at radius 1 is 0.975 bits per heavy atom. The molecule has 0 spiro atoms. The Labute approximate surface area is 232 Å². The number of anilines is 3. The molecule has 0 saturated carbocycles. The number of carbonyl (C=O) groups is 4. The van der Waals surface area contributed by atoms with Gasteiger partial charge in [-0.15, -0.1) is 0 Å². The van der Waals surface area contributed by atoms with Crippen LogP contribution in [0.3, 0.4) is 0 Å². The van der Waals surface area contributed by atoms with E-state index >= 15 is 0 Å². The number of carbonyl (C=O) groups excluding carboxylic acids is 3. The predicted molar refractivity (Wildman–Crippen MR) is 152 cm³/mol. The van der Waals surface area contributed by atoms with Crippen LogP contribution in [0, 0.1) is 6.92 Å². The number of benzene rings is 2. The second-order valence-electron chi connectivity index (χ2n) is 9.21. The molecule has 210 valence electrons. The van der Waals surface area contributed by atoms with E-state index in [0.29, 0.717) is 34.1 Å². The van der Waals surface area contributed by atoms with E-state index in [4.69, 9.17) is 9.84 Å². The molecule has 11 nitrogen and oxygen atoms in total. The molecule has 3 rings (SSSR count). The minimum absolute atomic E-state index is 0.0225. The van der Waals surface area contributed by atoms with Crippen molar-refractivity contribution in [1.29, 1.82) is 0 Å². The third kappa shape index (κ3) is 9.21. The van der Waals surface area contributed by atoms with Crippen LogP contribution in [0.5, 0.6) is 5.75 Å². The number of aryl methyl sites for hydroxylation is 1. The number of rotatable bonds is 14. The van der Waals surface area contributed by atoms with E-state index in [1.807, 2.05) is 31.2 Å². The fourth-order valence-electron chi connectivity index (χ4n) is 3.88. The van der Waals surface area contributed by atoms with Gasteiger partial charge in [0.05, 0.1) is 32.3 Å². The van der Waals surface area contributed by atoms with E-state index in [1.54, 1.807) is 30.3 Å². The quantitative estimate of drug-likeness (QED) is 0.201. The topological polar surface area (TPSA) is 159 Å². The summed E-state index contributed by atoms with van der Waals surface area (Å²) in [6, 6.07) is 14.9. The molecule has 1 unspecified atom stereocenters. The van der Waals surface area contributed by atoms with Crippen LogP contribution in [0.4, 0.5) is 22.0 Å². The van der Waals surface area contributed by atoms with Gasteiger partial charge >= 0.3 is 12.0 Å². The molecule has 0 fully saturated rings. The van der Waals surface area contributed by atoms with Crippen LogP contribution in [0.15, 0.2) is 60.8 Å². The molecule has 1 atom stereocenters. The SMILES string of the molecule is COc1cc(CC(=O)CNc2ccc(C(CC(=O)O)NCC(C)=O)cn2)ccc1NC(=O)Nc1ccccc1C. The van der Waals surface area contributed by atoms with Crippen LogP contribution in [-0.2, 0) is 20.8 Å². The Balaban J connectivity index is 1.54. The van der Waals surface area contributed by atoms with E-state index in [0.717, 1.165) is 5.56 Å². The Hall–Kier alpha value is -4.77. The highest BCUT2D eigenvalue weighted by molar-refractivity contribution is 6.01. The first-order chi connectivity index (χ1) is 19.1. The second kappa shape index (κ2) is 14.4. The third-order valence-corrected chi connectivity index (χ3v) is 5.94. The fraction of sp³-hybridized carbons (Fsp3) is 0.276. The maximum absolute atomic E-state index is 12.6. The number of carboxylic acid groups (broad SMARTS) is 1. The summed E-state index contributed by atoms with van der Waals surface area (Å²) in [6.45, 7) is 3.39. The van der Waals surface area contributed by atoms with Gasteiger partial charge in [0.25, 0.3) is 0 Å². The van der Waals surface area contributed by atoms with Gasteiger partial charge in [-0.05, 0) is 54.8 Å². The minimum Gasteiger partial charge on any atom is -0.495 e. The van der Waals surface area contributed by atoms with Gasteiger partial charge in [-0.25, -0.2) is 9.78 Å². The van der Waals surface area contributed by atoms with E-state index < -0.39 is 18.0 Å². The number of nitrogens with zero attached hydrogens (tertiary/aromatic N) is 1. The van der Waals surface area contributed by atoms with Gasteiger partial charge < -0.3 is 31.1 Å². The van der Waals surface area contributed by atoms with Gasteiger partial charge in [0.15, 0.2) is 5.78 Å². The molecule has 3 aromatic rings. The lowest BCUT2D eigenvalue weighted by Gasteiger charge is -2.16. The van der Waals surface area contributed by atoms with Crippen LogP contribution < -0.4 is 26.0 Å². The number of Topliss-reactive ketones (excluding diaryl/α,β-unsaturated/α-hetero) is 2. The monoisotopic (exact) mass is 547 g/mol. The Morgan fingerprint density at radius 2 is 1.73 bits per heavy atom. The number of hydrogen-bond acceptors (Lipinski definition) is 8. The number of nitrogens with one attached hydrogen (secondary N) is 4. The largest absolute Gasteiger partial charge is 0.495 e. The zero-order valence-corrected chi connectivity index (χ0v) is 22.6. The summed E-state index contributed by atoms with van der Waals surface area (Å²) in [5.41, 5.74) is 3.43. The zero-order valence-electron chi connectivity index (χ0n) is 22.6. The number of carboxylic acids is 1. The van der Waals surface area contributed by atoms with Crippen LogP contribution in [0.2, 0.25) is 0 Å². The molecule has 2 aromatic carbocycles. The molecule has 5 N–H and O–H groups in total. The molecule has 40 heavy (non-hydrogen) atoms. The summed E-state index contributed by atoms with van der Waals surface area (Å²) in [7, 11) is 1.49. The number of aliphatic carboxylic acids is 1. The molecule has 0 bridgehead atoms. The number of para-hydroxylation sites is 1. The van der Waals surface area contributed by atoms with E-state index in [-0.39, 0.29) is 37.5 Å². The Morgan fingerprint density at radius 3 is 2.38 bits per heavy atom. The lowest BCUT2D eigenvalue weighted by Crippen LogP contribution is -2.28. The summed E-state index contributed by atoms with van der Waals surface area (Å²) in [5, 5.41) is 20.6. The maximum atomic E-state index is 12.6. The van der Waals surface area contributed by atoms with E-state index in [9.17, 15) is 19.2 Å². The van der Waals surface area contributed by atoms with Gasteiger partial charge in [-0.1, -0.05) is 30.3 Å². The molecular formula is C29H33N5O6. The molecule has 11 heteroatoms. The van der Waals surface area contributed by atoms with Crippen molar-refractivity contribution in [3.63, 3.8) is 0 Å². The number of pyridine rings is 1. The first kappa shape index (κ1) is 29.8. The zero-order chi connectivity index (χ0) is 29.1. The highest BCUT2D eigenvalue weighted by Gasteiger charge is 2.17. The standard InChI is InChI=1S/C29H33N5O6/c1-18-6-4-5-7-23(18)33-29(39)34-24-10-8-20(13-26(24)40-3)12-22(36)17-32-27-11-9-21(16-31-27)25(14-28(37)38)30-15-19(2)35/h4-11,13,16,25,30H,12,14-15,17H2,1-3H3,(H,31,32)(H,37,38)(H2,33,34,39). The van der Waals surface area contributed by atoms with Crippen molar-refractivity contribution < 1.29 is 29.0 Å². The molecule has 0 aliphatic carbocycles. The second-order valence-corrected chi connectivity index (χ2v) is 9.21. The van der Waals surface area contributed by atoms with Crippen LogP contribution in [0.1, 0.15) is 36.1 Å². The highest BCUT2D eigenvalue weighted by Crippen LogP contribution is 2.26. The predicted octanol–water partition coefficient (Wildman–Crippen LogP) is 3.96. The summed E-state index contributed by atoms with van der Waals surface area (Å²) < 4.78 is 5.42. The number of amides is 2. The summed E-state index contributed by atoms with van der Waals surface area (Å²) >= 11 is 0. The first-order valence-electron chi connectivity index (χ1n) is 12.6. The lowest BCUT2D eigenvalue weighted by molar-refractivity contribution is -0.137. The number of hydrogen-bond donors (Lipinski definition) is 5. The van der Waals surface area contributed by atoms with E-state index in [1.165, 1.54) is 20.2 Å². The minimum atomic E-state index is -1.00. The number of aromatic nitrogens is 1. The molecule has 0 radical (unpaired) electrons. The van der Waals surface area contributed by atoms with Gasteiger partial charge in [0.2, 0.25) is 0 Å². The van der Waals surface area contributed by atoms with Gasteiger partial charge in [0, 0.05) is 24.3 Å². The molecule has 1 aromatic heterocycles. The molecule has 2 amide bonds. The number of urea groups is 1. The highest BCUT2D eigenvalue weighted by atomic mass is 16.5. The maximum Gasteiger partial charge on any atom is 0.323 e. The molecule has 0 aliphatic rings. The first-order valence-corrected chi connectivity index (χ1v) is 12.6. The summed E-state index contributed by atoms with van der Waals surface area (Å²) in [5.74, 6) is -0.329. The third-order valence-electron chi connectivity index (χ3n) is 5.94. The average Bonchev–Trinajstić information content (AvgIpc) is 2.92. The van der Waals surface area contributed by atoms with Crippen LogP contribution >= 0.6 is 0 Å². The normalized spacial score (nSPS) is 11.3. The van der Waals surface area contributed by atoms with Crippen molar-refractivity contribution in [3.8, 4) is 5.75 Å². The van der Waals surface area contributed by atoms with Crippen molar-refractivity contribution in [1.82, 2.24) is 10.3 Å². The molecule has 0 saturated heterocycles. The van der Waals surface area contributed by atoms with Crippen molar-refractivity contribution in [3.05, 3.63) is 77.5 Å². The van der Waals surface area contributed by atoms with Crippen molar-refractivity contribution in [2.24, 2.45) is 0 Å².